The lowest BCUT2D eigenvalue weighted by atomic mass is 9.96. The molecule has 1 fully saturated rings. The van der Waals surface area contributed by atoms with Crippen LogP contribution in [0.15, 0.2) is 4.52 Å². The number of halogens is 1. The Morgan fingerprint density at radius 1 is 1.45 bits per heavy atom. The number of carbonyl (C=O) groups excluding carboxylic acids is 1. The summed E-state index contributed by atoms with van der Waals surface area (Å²) in [5.74, 6) is 1.57. The molecule has 1 saturated heterocycles. The lowest BCUT2D eigenvalue weighted by molar-refractivity contribution is -0.132. The topological polar surface area (TPSA) is 71.3 Å². The molecule has 0 aliphatic carbocycles. The van der Waals surface area contributed by atoms with E-state index in [-0.39, 0.29) is 23.7 Å². The Morgan fingerprint density at radius 2 is 2.18 bits per heavy atom. The van der Waals surface area contributed by atoms with Crippen LogP contribution in [0.5, 0.6) is 0 Å². The van der Waals surface area contributed by atoms with Crippen molar-refractivity contribution in [2.45, 2.75) is 58.4 Å². The van der Waals surface area contributed by atoms with E-state index in [1.807, 2.05) is 4.90 Å². The molecule has 0 bridgehead atoms. The minimum Gasteiger partial charge on any atom is -0.340 e. The summed E-state index contributed by atoms with van der Waals surface area (Å²) in [6, 6.07) is 0.382. The quantitative estimate of drug-likeness (QED) is 0.913. The summed E-state index contributed by atoms with van der Waals surface area (Å²) in [7, 11) is 0. The van der Waals surface area contributed by atoms with Gasteiger partial charge in [0.1, 0.15) is 0 Å². The minimum absolute atomic E-state index is 0. The van der Waals surface area contributed by atoms with Gasteiger partial charge < -0.3 is 14.7 Å². The fourth-order valence-electron chi connectivity index (χ4n) is 2.37. The maximum absolute atomic E-state index is 12.1. The fraction of sp³-hybridized carbons (Fsp3) is 0.800. The van der Waals surface area contributed by atoms with Crippen LogP contribution in [-0.2, 0) is 16.6 Å². The Bertz CT molecular complexity index is 484. The highest BCUT2D eigenvalue weighted by Gasteiger charge is 2.22. The maximum atomic E-state index is 12.1. The van der Waals surface area contributed by atoms with Crippen LogP contribution in [0, 0.1) is 0 Å². The summed E-state index contributed by atoms with van der Waals surface area (Å²) >= 11 is 0. The first kappa shape index (κ1) is 18.9. The molecule has 1 unspecified atom stereocenters. The van der Waals surface area contributed by atoms with E-state index in [1.165, 1.54) is 0 Å². The third-order valence-electron chi connectivity index (χ3n) is 3.64. The molecule has 7 heteroatoms. The number of nitrogens with one attached hydrogen (secondary N) is 1. The molecular weight excluding hydrogens is 304 g/mol. The molecule has 1 aromatic heterocycles. The summed E-state index contributed by atoms with van der Waals surface area (Å²) in [6.07, 6.45) is 1.96. The van der Waals surface area contributed by atoms with Crippen molar-refractivity contribution in [2.75, 3.05) is 19.6 Å². The van der Waals surface area contributed by atoms with Gasteiger partial charge in [-0.3, -0.25) is 4.79 Å². The second-order valence-corrected chi connectivity index (χ2v) is 6.81. The zero-order valence-corrected chi connectivity index (χ0v) is 14.7. The molecule has 2 heterocycles. The molecule has 6 nitrogen and oxygen atoms in total. The van der Waals surface area contributed by atoms with Gasteiger partial charge in [0.15, 0.2) is 5.82 Å². The minimum atomic E-state index is -0.103. The van der Waals surface area contributed by atoms with Gasteiger partial charge in [-0.2, -0.15) is 4.98 Å². The van der Waals surface area contributed by atoms with Crippen LogP contribution in [0.1, 0.15) is 52.3 Å². The van der Waals surface area contributed by atoms with Gasteiger partial charge in [-0.15, -0.1) is 12.4 Å². The molecule has 1 aliphatic heterocycles. The Morgan fingerprint density at radius 3 is 2.77 bits per heavy atom. The Hall–Kier alpha value is -1.14. The van der Waals surface area contributed by atoms with E-state index in [0.717, 1.165) is 31.9 Å². The molecule has 0 spiro atoms. The van der Waals surface area contributed by atoms with E-state index in [2.05, 4.69) is 43.2 Å². The summed E-state index contributed by atoms with van der Waals surface area (Å²) in [4.78, 5) is 18.5. The molecule has 1 aliphatic rings. The molecule has 1 atom stereocenters. The van der Waals surface area contributed by atoms with Crippen LogP contribution >= 0.6 is 12.4 Å². The molecule has 0 saturated carbocycles. The van der Waals surface area contributed by atoms with Crippen molar-refractivity contribution in [3.05, 3.63) is 11.7 Å². The molecule has 1 amide bonds. The van der Waals surface area contributed by atoms with Crippen LogP contribution in [0.3, 0.4) is 0 Å². The summed E-state index contributed by atoms with van der Waals surface area (Å²) in [5.41, 5.74) is -0.103. The predicted octanol–water partition coefficient (Wildman–Crippen LogP) is 1.93. The van der Waals surface area contributed by atoms with Crippen molar-refractivity contribution in [1.82, 2.24) is 20.4 Å². The third-order valence-corrected chi connectivity index (χ3v) is 3.64. The normalized spacial score (nSPS) is 18.9. The third kappa shape index (κ3) is 5.25. The zero-order chi connectivity index (χ0) is 15.5. The lowest BCUT2D eigenvalue weighted by Gasteiger charge is -2.31. The van der Waals surface area contributed by atoms with Crippen LogP contribution in [-0.4, -0.2) is 46.6 Å². The molecule has 0 radical (unpaired) electrons. The molecule has 22 heavy (non-hydrogen) atoms. The average Bonchev–Trinajstić information content (AvgIpc) is 2.87. The highest BCUT2D eigenvalue weighted by atomic mass is 35.5. The predicted molar refractivity (Wildman–Crippen MR) is 87.2 cm³/mol. The smallest absolute Gasteiger partial charge is 0.226 e. The first-order chi connectivity index (χ1) is 9.86. The lowest BCUT2D eigenvalue weighted by Crippen LogP contribution is -2.51. The van der Waals surface area contributed by atoms with Crippen molar-refractivity contribution in [3.63, 3.8) is 0 Å². The largest absolute Gasteiger partial charge is 0.340 e. The van der Waals surface area contributed by atoms with Crippen molar-refractivity contribution in [1.29, 1.82) is 0 Å². The SMILES string of the molecule is CC1CN(C(=O)CCCc2nc(C(C)(C)C)no2)CCN1.Cl. The second-order valence-electron chi connectivity index (χ2n) is 6.81. The monoisotopic (exact) mass is 330 g/mol. The number of rotatable bonds is 4. The summed E-state index contributed by atoms with van der Waals surface area (Å²) in [5, 5.41) is 7.33. The highest BCUT2D eigenvalue weighted by molar-refractivity contribution is 5.85. The number of amides is 1. The van der Waals surface area contributed by atoms with Gasteiger partial charge >= 0.3 is 0 Å². The molecule has 2 rings (SSSR count). The van der Waals surface area contributed by atoms with Crippen molar-refractivity contribution >= 4 is 18.3 Å². The first-order valence-corrected chi connectivity index (χ1v) is 7.70. The number of aryl methyl sites for hydroxylation is 1. The van der Waals surface area contributed by atoms with E-state index in [0.29, 0.717) is 24.8 Å². The van der Waals surface area contributed by atoms with Gasteiger partial charge in [0.05, 0.1) is 0 Å². The molecular formula is C15H27ClN4O2. The Kier molecular flexibility index (Phi) is 6.81. The zero-order valence-electron chi connectivity index (χ0n) is 13.9. The van der Waals surface area contributed by atoms with Crippen LogP contribution < -0.4 is 5.32 Å². The molecule has 1 aromatic rings. The van der Waals surface area contributed by atoms with E-state index in [9.17, 15) is 4.79 Å². The van der Waals surface area contributed by atoms with Crippen molar-refractivity contribution in [2.24, 2.45) is 0 Å². The van der Waals surface area contributed by atoms with E-state index >= 15 is 0 Å². The average molecular weight is 331 g/mol. The van der Waals surface area contributed by atoms with Crippen LogP contribution in [0.2, 0.25) is 0 Å². The van der Waals surface area contributed by atoms with E-state index in [4.69, 9.17) is 4.52 Å². The molecule has 1 N–H and O–H groups in total. The van der Waals surface area contributed by atoms with Gasteiger partial charge in [0.2, 0.25) is 11.8 Å². The van der Waals surface area contributed by atoms with Crippen molar-refractivity contribution in [3.8, 4) is 0 Å². The van der Waals surface area contributed by atoms with Gasteiger partial charge in [0.25, 0.3) is 0 Å². The summed E-state index contributed by atoms with van der Waals surface area (Å²) in [6.45, 7) is 10.7. The number of nitrogens with zero attached hydrogens (tertiary/aromatic N) is 3. The second kappa shape index (κ2) is 7.92. The van der Waals surface area contributed by atoms with E-state index < -0.39 is 0 Å². The standard InChI is InChI=1S/C15H26N4O2.ClH/c1-11-10-19(9-8-16-11)13(20)7-5-6-12-17-14(18-21-12)15(2,3)4;/h11,16H,5-10H2,1-4H3;1H. The Labute approximate surface area is 138 Å². The van der Waals surface area contributed by atoms with Gasteiger partial charge in [0, 0.05) is 43.9 Å². The number of hydrogen-bond acceptors (Lipinski definition) is 5. The number of piperazine rings is 1. The maximum Gasteiger partial charge on any atom is 0.226 e. The highest BCUT2D eigenvalue weighted by Crippen LogP contribution is 2.19. The number of carbonyl (C=O) groups is 1. The van der Waals surface area contributed by atoms with Crippen LogP contribution in [0.25, 0.3) is 0 Å². The van der Waals surface area contributed by atoms with Gasteiger partial charge in [-0.25, -0.2) is 0 Å². The fourth-order valence-corrected chi connectivity index (χ4v) is 2.37. The number of hydrogen-bond donors (Lipinski definition) is 1. The van der Waals surface area contributed by atoms with Crippen LogP contribution in [0.4, 0.5) is 0 Å². The molecule has 126 valence electrons. The Balaban J connectivity index is 0.00000242. The number of aromatic nitrogens is 2. The molecule has 0 aromatic carbocycles. The first-order valence-electron chi connectivity index (χ1n) is 7.70. The van der Waals surface area contributed by atoms with Gasteiger partial charge in [-0.1, -0.05) is 25.9 Å². The summed E-state index contributed by atoms with van der Waals surface area (Å²) < 4.78 is 5.24. The van der Waals surface area contributed by atoms with Crippen molar-refractivity contribution < 1.29 is 9.32 Å². The van der Waals surface area contributed by atoms with E-state index in [1.54, 1.807) is 0 Å². The van der Waals surface area contributed by atoms with Gasteiger partial charge in [-0.05, 0) is 13.3 Å².